The van der Waals surface area contributed by atoms with Crippen molar-refractivity contribution in [3.05, 3.63) is 89.0 Å². The molecule has 1 amide bonds. The maximum Gasteiger partial charge on any atom is 0.300 e. The minimum absolute atomic E-state index is 0.0197. The van der Waals surface area contributed by atoms with E-state index in [1.54, 1.807) is 61.7 Å². The van der Waals surface area contributed by atoms with E-state index in [4.69, 9.17) is 14.2 Å². The number of aryl methyl sites for hydroxylation is 1. The van der Waals surface area contributed by atoms with Crippen molar-refractivity contribution in [2.75, 3.05) is 26.2 Å². The van der Waals surface area contributed by atoms with Crippen molar-refractivity contribution in [1.82, 2.24) is 0 Å². The minimum atomic E-state index is -0.857. The highest BCUT2D eigenvalue weighted by Crippen LogP contribution is 2.44. The fourth-order valence-corrected chi connectivity index (χ4v) is 4.18. The first kappa shape index (κ1) is 22.9. The van der Waals surface area contributed by atoms with Crippen molar-refractivity contribution in [2.24, 2.45) is 0 Å². The van der Waals surface area contributed by atoms with E-state index in [1.165, 1.54) is 19.1 Å². The molecule has 3 aromatic rings. The van der Waals surface area contributed by atoms with Crippen LogP contribution in [0.25, 0.3) is 5.76 Å². The normalized spacial score (nSPS) is 17.1. The summed E-state index contributed by atoms with van der Waals surface area (Å²) in [5.74, 6) is -0.365. The maximum absolute atomic E-state index is 13.3. The number of rotatable bonds is 6. The van der Waals surface area contributed by atoms with Crippen molar-refractivity contribution < 1.29 is 28.9 Å². The number of aliphatic hydroxyl groups excluding tert-OH is 1. The molecule has 1 saturated heterocycles. The van der Waals surface area contributed by atoms with Gasteiger partial charge in [0, 0.05) is 11.3 Å². The predicted molar refractivity (Wildman–Crippen MR) is 129 cm³/mol. The van der Waals surface area contributed by atoms with Crippen LogP contribution in [0.2, 0.25) is 0 Å². The molecule has 1 heterocycles. The van der Waals surface area contributed by atoms with Crippen LogP contribution >= 0.6 is 0 Å². The molecule has 1 N–H and O–H groups in total. The molecule has 0 aromatic heterocycles. The number of para-hydroxylation sites is 1. The van der Waals surface area contributed by atoms with E-state index in [-0.39, 0.29) is 11.3 Å². The molecule has 0 aliphatic carbocycles. The lowest BCUT2D eigenvalue weighted by Gasteiger charge is -2.27. The number of ketones is 1. The van der Waals surface area contributed by atoms with Gasteiger partial charge in [-0.2, -0.15) is 0 Å². The van der Waals surface area contributed by atoms with Gasteiger partial charge >= 0.3 is 0 Å². The fourth-order valence-electron chi connectivity index (χ4n) is 4.18. The molecule has 1 aliphatic rings. The molecular weight excluding hydrogens is 434 g/mol. The molecule has 0 spiro atoms. The van der Waals surface area contributed by atoms with Gasteiger partial charge in [0.2, 0.25) is 0 Å². The summed E-state index contributed by atoms with van der Waals surface area (Å²) in [7, 11) is 4.53. The molecule has 4 rings (SSSR count). The molecule has 1 atom stereocenters. The van der Waals surface area contributed by atoms with Gasteiger partial charge in [-0.25, -0.2) is 0 Å². The predicted octanol–water partition coefficient (Wildman–Crippen LogP) is 4.65. The maximum atomic E-state index is 13.3. The molecule has 7 nitrogen and oxygen atoms in total. The van der Waals surface area contributed by atoms with Crippen molar-refractivity contribution in [2.45, 2.75) is 13.0 Å². The quantitative estimate of drug-likeness (QED) is 0.328. The first-order chi connectivity index (χ1) is 16.4. The number of carbonyl (C=O) groups excluding carboxylic acids is 2. The summed E-state index contributed by atoms with van der Waals surface area (Å²) < 4.78 is 16.0. The van der Waals surface area contributed by atoms with E-state index >= 15 is 0 Å². The van der Waals surface area contributed by atoms with Gasteiger partial charge in [-0.05, 0) is 54.4 Å². The SMILES string of the molecule is COc1cccc(C2/C(=C(/O)c3ccc(OC)c(OC)c3)C(=O)C(=O)N2c2ccccc2C)c1. The zero-order valence-corrected chi connectivity index (χ0v) is 19.4. The summed E-state index contributed by atoms with van der Waals surface area (Å²) in [6, 6.07) is 18.4. The highest BCUT2D eigenvalue weighted by molar-refractivity contribution is 6.51. The average molecular weight is 459 g/mol. The van der Waals surface area contributed by atoms with E-state index < -0.39 is 17.7 Å². The molecule has 0 radical (unpaired) electrons. The second kappa shape index (κ2) is 9.31. The number of aliphatic hydroxyl groups is 1. The smallest absolute Gasteiger partial charge is 0.300 e. The van der Waals surface area contributed by atoms with Gasteiger partial charge in [-0.1, -0.05) is 30.3 Å². The van der Waals surface area contributed by atoms with Gasteiger partial charge in [-0.3, -0.25) is 14.5 Å². The Morgan fingerprint density at radius 1 is 0.853 bits per heavy atom. The van der Waals surface area contributed by atoms with Crippen LogP contribution in [0.3, 0.4) is 0 Å². The molecule has 0 saturated carbocycles. The number of amides is 1. The molecule has 7 heteroatoms. The molecule has 3 aromatic carbocycles. The average Bonchev–Trinajstić information content (AvgIpc) is 3.13. The molecule has 174 valence electrons. The number of benzene rings is 3. The Kier molecular flexibility index (Phi) is 6.27. The van der Waals surface area contributed by atoms with Crippen molar-refractivity contribution in [3.8, 4) is 17.2 Å². The fraction of sp³-hybridized carbons (Fsp3) is 0.185. The van der Waals surface area contributed by atoms with Gasteiger partial charge in [-0.15, -0.1) is 0 Å². The van der Waals surface area contributed by atoms with Crippen LogP contribution in [0.4, 0.5) is 5.69 Å². The highest BCUT2D eigenvalue weighted by Gasteiger charge is 2.47. The number of methoxy groups -OCH3 is 3. The van der Waals surface area contributed by atoms with E-state index in [2.05, 4.69) is 0 Å². The third-order valence-electron chi connectivity index (χ3n) is 5.89. The van der Waals surface area contributed by atoms with Gasteiger partial charge in [0.15, 0.2) is 11.5 Å². The Morgan fingerprint density at radius 2 is 1.59 bits per heavy atom. The number of anilines is 1. The highest BCUT2D eigenvalue weighted by atomic mass is 16.5. The first-order valence-corrected chi connectivity index (χ1v) is 10.6. The Labute approximate surface area is 197 Å². The van der Waals surface area contributed by atoms with Crippen LogP contribution in [-0.2, 0) is 9.59 Å². The summed E-state index contributed by atoms with van der Waals surface area (Å²) in [6.07, 6.45) is 0. The lowest BCUT2D eigenvalue weighted by atomic mass is 9.94. The van der Waals surface area contributed by atoms with Crippen molar-refractivity contribution in [1.29, 1.82) is 0 Å². The Balaban J connectivity index is 1.97. The van der Waals surface area contributed by atoms with Crippen molar-refractivity contribution in [3.63, 3.8) is 0 Å². The molecule has 1 fully saturated rings. The molecule has 1 unspecified atom stereocenters. The van der Waals surface area contributed by atoms with Crippen LogP contribution in [0.5, 0.6) is 17.2 Å². The van der Waals surface area contributed by atoms with Crippen LogP contribution in [0.15, 0.2) is 72.3 Å². The summed E-state index contributed by atoms with van der Waals surface area (Å²) in [5.41, 5.74) is 2.35. The summed E-state index contributed by atoms with van der Waals surface area (Å²) in [5, 5.41) is 11.3. The van der Waals surface area contributed by atoms with Gasteiger partial charge in [0.25, 0.3) is 11.7 Å². The largest absolute Gasteiger partial charge is 0.507 e. The summed E-state index contributed by atoms with van der Waals surface area (Å²) in [6.45, 7) is 1.87. The molecular formula is C27H25NO6. The van der Waals surface area contributed by atoms with Crippen LogP contribution in [0.1, 0.15) is 22.7 Å². The van der Waals surface area contributed by atoms with Crippen LogP contribution in [0, 0.1) is 6.92 Å². The Hall–Kier alpha value is -4.26. The summed E-state index contributed by atoms with van der Waals surface area (Å²) >= 11 is 0. The van der Waals surface area contributed by atoms with E-state index in [0.29, 0.717) is 34.1 Å². The summed E-state index contributed by atoms with van der Waals surface area (Å²) in [4.78, 5) is 28.1. The minimum Gasteiger partial charge on any atom is -0.507 e. The topological polar surface area (TPSA) is 85.3 Å². The monoisotopic (exact) mass is 459 g/mol. The van der Waals surface area contributed by atoms with Gasteiger partial charge in [0.1, 0.15) is 11.5 Å². The third kappa shape index (κ3) is 3.85. The lowest BCUT2D eigenvalue weighted by molar-refractivity contribution is -0.132. The number of hydrogen-bond donors (Lipinski definition) is 1. The molecule has 0 bridgehead atoms. The first-order valence-electron chi connectivity index (χ1n) is 10.6. The zero-order chi connectivity index (χ0) is 24.4. The van der Waals surface area contributed by atoms with Crippen molar-refractivity contribution >= 4 is 23.1 Å². The lowest BCUT2D eigenvalue weighted by Crippen LogP contribution is -2.30. The number of ether oxygens (including phenoxy) is 3. The second-order valence-electron chi connectivity index (χ2n) is 7.80. The van der Waals surface area contributed by atoms with Crippen LogP contribution < -0.4 is 19.1 Å². The van der Waals surface area contributed by atoms with Crippen LogP contribution in [-0.4, -0.2) is 38.1 Å². The second-order valence-corrected chi connectivity index (χ2v) is 7.80. The van der Waals surface area contributed by atoms with E-state index in [0.717, 1.165) is 5.56 Å². The molecule has 1 aliphatic heterocycles. The Morgan fingerprint density at radius 3 is 2.26 bits per heavy atom. The number of Topliss-reactive ketones (excluding diaryl/α,β-unsaturated/α-hetero) is 1. The standard InChI is InChI=1S/C27H25NO6/c1-16-8-5-6-11-20(16)28-24(17-9-7-10-19(14-17)32-2)23(26(30)27(28)31)25(29)18-12-13-21(33-3)22(15-18)34-4/h5-15,24,29H,1-4H3/b25-23-. The number of hydrogen-bond acceptors (Lipinski definition) is 6. The number of carbonyl (C=O) groups is 2. The number of nitrogens with zero attached hydrogens (tertiary/aromatic N) is 1. The Bertz CT molecular complexity index is 1300. The third-order valence-corrected chi connectivity index (χ3v) is 5.89. The van der Waals surface area contributed by atoms with Gasteiger partial charge in [0.05, 0.1) is 32.9 Å². The van der Waals surface area contributed by atoms with E-state index in [9.17, 15) is 14.7 Å². The molecule has 34 heavy (non-hydrogen) atoms. The zero-order valence-electron chi connectivity index (χ0n) is 19.4. The van der Waals surface area contributed by atoms with E-state index in [1.807, 2.05) is 19.1 Å². The van der Waals surface area contributed by atoms with Gasteiger partial charge < -0.3 is 19.3 Å².